The Hall–Kier alpha value is -2.33. The van der Waals surface area contributed by atoms with Crippen molar-refractivity contribution in [2.45, 2.75) is 38.5 Å². The molecule has 0 radical (unpaired) electrons. The highest BCUT2D eigenvalue weighted by atomic mass is 16.4. The van der Waals surface area contributed by atoms with Crippen molar-refractivity contribution >= 4 is 5.97 Å². The van der Waals surface area contributed by atoms with Gasteiger partial charge in [-0.1, -0.05) is 44.2 Å². The zero-order valence-corrected chi connectivity index (χ0v) is 16.2. The molecule has 1 fully saturated rings. The maximum absolute atomic E-state index is 11.7. The Bertz CT molecular complexity index is 793. The number of phenols is 1. The Morgan fingerprint density at radius 3 is 2.85 bits per heavy atom. The summed E-state index contributed by atoms with van der Waals surface area (Å²) in [5.74, 6) is -0.173. The van der Waals surface area contributed by atoms with E-state index in [9.17, 15) is 15.0 Å². The number of hydrogen-bond donors (Lipinski definition) is 2. The molecule has 0 amide bonds. The minimum Gasteiger partial charge on any atom is -0.508 e. The topological polar surface area (TPSA) is 60.8 Å². The Labute approximate surface area is 161 Å². The van der Waals surface area contributed by atoms with E-state index in [1.54, 1.807) is 6.07 Å². The predicted octanol–water partition coefficient (Wildman–Crippen LogP) is 4.28. The summed E-state index contributed by atoms with van der Waals surface area (Å²) in [6.45, 7) is 6.62. The van der Waals surface area contributed by atoms with Crippen molar-refractivity contribution in [2.24, 2.45) is 5.92 Å². The molecule has 0 bridgehead atoms. The summed E-state index contributed by atoms with van der Waals surface area (Å²) in [5.41, 5.74) is 2.69. The van der Waals surface area contributed by atoms with Crippen LogP contribution >= 0.6 is 0 Å². The summed E-state index contributed by atoms with van der Waals surface area (Å²) in [6, 6.07) is 7.54. The number of piperidine rings is 1. The van der Waals surface area contributed by atoms with Crippen LogP contribution in [0.4, 0.5) is 0 Å². The second-order valence-electron chi connectivity index (χ2n) is 8.04. The average Bonchev–Trinajstić information content (AvgIpc) is 2.65. The fraction of sp³-hybridized carbons (Fsp3) is 0.435. The maximum atomic E-state index is 11.7. The minimum atomic E-state index is -0.834. The molecule has 0 saturated carbocycles. The smallest absolute Gasteiger partial charge is 0.332 e. The van der Waals surface area contributed by atoms with Gasteiger partial charge < -0.3 is 10.2 Å². The first-order valence-corrected chi connectivity index (χ1v) is 9.70. The van der Waals surface area contributed by atoms with Gasteiger partial charge in [0.05, 0.1) is 5.57 Å². The lowest BCUT2D eigenvalue weighted by Gasteiger charge is -2.45. The van der Waals surface area contributed by atoms with E-state index in [0.717, 1.165) is 43.5 Å². The lowest BCUT2D eigenvalue weighted by atomic mass is 9.68. The number of aromatic hydroxyl groups is 1. The van der Waals surface area contributed by atoms with Crippen LogP contribution in [0.1, 0.15) is 38.7 Å². The van der Waals surface area contributed by atoms with Crippen LogP contribution < -0.4 is 0 Å². The molecule has 27 heavy (non-hydrogen) atoms. The number of likely N-dealkylation sites (tertiary alicyclic amines) is 1. The Balaban J connectivity index is 1.71. The highest BCUT2D eigenvalue weighted by Gasteiger charge is 2.38. The molecule has 1 aromatic carbocycles. The summed E-state index contributed by atoms with van der Waals surface area (Å²) < 4.78 is 0. The molecule has 2 N–H and O–H groups in total. The van der Waals surface area contributed by atoms with Gasteiger partial charge >= 0.3 is 5.97 Å². The van der Waals surface area contributed by atoms with E-state index in [0.29, 0.717) is 23.8 Å². The second-order valence-corrected chi connectivity index (χ2v) is 8.04. The van der Waals surface area contributed by atoms with Crippen LogP contribution in [-0.4, -0.2) is 40.7 Å². The van der Waals surface area contributed by atoms with Crippen LogP contribution in [0.15, 0.2) is 59.7 Å². The van der Waals surface area contributed by atoms with Gasteiger partial charge in [-0.25, -0.2) is 4.79 Å². The summed E-state index contributed by atoms with van der Waals surface area (Å²) in [6.07, 6.45) is 10.8. The van der Waals surface area contributed by atoms with Gasteiger partial charge in [-0.15, -0.1) is 0 Å². The fourth-order valence-electron chi connectivity index (χ4n) is 4.13. The van der Waals surface area contributed by atoms with Crippen LogP contribution in [0.2, 0.25) is 0 Å². The lowest BCUT2D eigenvalue weighted by molar-refractivity contribution is -0.133. The van der Waals surface area contributed by atoms with E-state index in [-0.39, 0.29) is 5.41 Å². The minimum absolute atomic E-state index is 0.0148. The van der Waals surface area contributed by atoms with Crippen molar-refractivity contribution in [3.05, 3.63) is 65.3 Å². The van der Waals surface area contributed by atoms with Crippen LogP contribution in [0.3, 0.4) is 0 Å². The molecule has 3 rings (SSSR count). The van der Waals surface area contributed by atoms with E-state index in [1.165, 1.54) is 0 Å². The molecule has 1 aromatic rings. The molecule has 1 saturated heterocycles. The molecule has 144 valence electrons. The summed E-state index contributed by atoms with van der Waals surface area (Å²) >= 11 is 0. The van der Waals surface area contributed by atoms with Gasteiger partial charge in [0, 0.05) is 13.1 Å². The van der Waals surface area contributed by atoms with Gasteiger partial charge in [0.15, 0.2) is 0 Å². The molecule has 4 nitrogen and oxygen atoms in total. The number of aliphatic carboxylic acids is 1. The maximum Gasteiger partial charge on any atom is 0.332 e. The van der Waals surface area contributed by atoms with Crippen molar-refractivity contribution in [1.29, 1.82) is 0 Å². The molecule has 1 heterocycles. The number of phenolic OH excluding ortho intramolecular Hbond substituents is 1. The van der Waals surface area contributed by atoms with Crippen molar-refractivity contribution in [1.82, 2.24) is 4.90 Å². The van der Waals surface area contributed by atoms with Crippen molar-refractivity contribution in [3.63, 3.8) is 0 Å². The van der Waals surface area contributed by atoms with Crippen LogP contribution in [0.5, 0.6) is 5.75 Å². The Morgan fingerprint density at radius 1 is 1.41 bits per heavy atom. The molecule has 2 aliphatic rings. The van der Waals surface area contributed by atoms with E-state index in [1.807, 2.05) is 30.4 Å². The number of hydrogen-bond acceptors (Lipinski definition) is 3. The van der Waals surface area contributed by atoms with Crippen molar-refractivity contribution in [3.8, 4) is 5.75 Å². The SMILES string of the molecule is CC1CN(CC(=CC2=CC=CCC2)C(=O)O)CCC1(C)c1cccc(O)c1. The van der Waals surface area contributed by atoms with Gasteiger partial charge in [-0.3, -0.25) is 4.90 Å². The molecular weight excluding hydrogens is 338 g/mol. The zero-order chi connectivity index (χ0) is 19.4. The normalized spacial score (nSPS) is 26.7. The van der Waals surface area contributed by atoms with Crippen molar-refractivity contribution < 1.29 is 15.0 Å². The molecule has 0 spiro atoms. The highest BCUT2D eigenvalue weighted by Crippen LogP contribution is 2.40. The number of carbonyl (C=O) groups is 1. The number of carboxylic acids is 1. The largest absolute Gasteiger partial charge is 0.508 e. The zero-order valence-electron chi connectivity index (χ0n) is 16.2. The molecule has 2 atom stereocenters. The molecular formula is C23H29NO3. The molecule has 1 aliphatic heterocycles. The van der Waals surface area contributed by atoms with Crippen LogP contribution in [0, 0.1) is 5.92 Å². The van der Waals surface area contributed by atoms with E-state index < -0.39 is 5.97 Å². The molecule has 1 aliphatic carbocycles. The third-order valence-electron chi connectivity index (χ3n) is 6.15. The van der Waals surface area contributed by atoms with Gasteiger partial charge in [0.25, 0.3) is 0 Å². The average molecular weight is 367 g/mol. The molecule has 2 unspecified atom stereocenters. The lowest BCUT2D eigenvalue weighted by Crippen LogP contribution is -2.48. The van der Waals surface area contributed by atoms with E-state index in [2.05, 4.69) is 30.9 Å². The quantitative estimate of drug-likeness (QED) is 0.763. The highest BCUT2D eigenvalue weighted by molar-refractivity contribution is 5.87. The van der Waals surface area contributed by atoms with Crippen molar-refractivity contribution in [2.75, 3.05) is 19.6 Å². The Morgan fingerprint density at radius 2 is 2.22 bits per heavy atom. The number of benzene rings is 1. The summed E-state index contributed by atoms with van der Waals surface area (Å²) in [7, 11) is 0. The fourth-order valence-corrected chi connectivity index (χ4v) is 4.13. The number of nitrogens with zero attached hydrogens (tertiary/aromatic N) is 1. The first-order chi connectivity index (χ1) is 12.9. The number of carboxylic acid groups (broad SMARTS) is 1. The summed E-state index contributed by atoms with van der Waals surface area (Å²) in [5, 5.41) is 19.5. The summed E-state index contributed by atoms with van der Waals surface area (Å²) in [4.78, 5) is 14.0. The molecule has 4 heteroatoms. The standard InChI is InChI=1S/C23H29NO3/c1-17-15-24(12-11-23(17,2)20-9-6-10-21(25)14-20)16-19(22(26)27)13-18-7-4-3-5-8-18/h3-4,6-7,9-10,13-14,17,25H,5,8,11-12,15-16H2,1-2H3,(H,26,27). The monoisotopic (exact) mass is 367 g/mol. The van der Waals surface area contributed by atoms with Crippen LogP contribution in [0.25, 0.3) is 0 Å². The first kappa shape index (κ1) is 19.4. The van der Waals surface area contributed by atoms with Gasteiger partial charge in [0.2, 0.25) is 0 Å². The number of rotatable bonds is 5. The van der Waals surface area contributed by atoms with E-state index in [4.69, 9.17) is 0 Å². The van der Waals surface area contributed by atoms with Gasteiger partial charge in [0.1, 0.15) is 5.75 Å². The van der Waals surface area contributed by atoms with Crippen LogP contribution in [-0.2, 0) is 10.2 Å². The third-order valence-corrected chi connectivity index (χ3v) is 6.15. The third kappa shape index (κ3) is 4.51. The predicted molar refractivity (Wildman–Crippen MR) is 108 cm³/mol. The second kappa shape index (κ2) is 8.13. The van der Waals surface area contributed by atoms with Gasteiger partial charge in [-0.05, 0) is 66.5 Å². The van der Waals surface area contributed by atoms with Gasteiger partial charge in [-0.2, -0.15) is 0 Å². The number of allylic oxidation sites excluding steroid dienone is 5. The Kier molecular flexibility index (Phi) is 5.85. The first-order valence-electron chi connectivity index (χ1n) is 9.70. The van der Waals surface area contributed by atoms with E-state index >= 15 is 0 Å². The molecule has 0 aromatic heterocycles.